The van der Waals surface area contributed by atoms with Gasteiger partial charge in [0.2, 0.25) is 0 Å². The lowest BCUT2D eigenvalue weighted by molar-refractivity contribution is -0.176. The molecule has 1 unspecified atom stereocenters. The zero-order chi connectivity index (χ0) is 14.0. The van der Waals surface area contributed by atoms with Crippen LogP contribution in [-0.2, 0) is 4.79 Å². The average Bonchev–Trinajstić information content (AvgIpc) is 2.26. The summed E-state index contributed by atoms with van der Waals surface area (Å²) < 4.78 is 35.4. The Balaban J connectivity index is 3.48. The van der Waals surface area contributed by atoms with Gasteiger partial charge in [0.15, 0.2) is 0 Å². The number of hydrogen-bond acceptors (Lipinski definition) is 4. The van der Waals surface area contributed by atoms with Crippen molar-refractivity contribution in [2.75, 3.05) is 19.7 Å². The lowest BCUT2D eigenvalue weighted by Gasteiger charge is -2.14. The molecule has 0 radical (unpaired) electrons. The summed E-state index contributed by atoms with van der Waals surface area (Å²) in [6, 6.07) is 0. The van der Waals surface area contributed by atoms with E-state index in [0.29, 0.717) is 25.9 Å². The van der Waals surface area contributed by atoms with Crippen molar-refractivity contribution in [3.63, 3.8) is 0 Å². The highest BCUT2D eigenvalue weighted by Crippen LogP contribution is 2.14. The molecule has 108 valence electrons. The van der Waals surface area contributed by atoms with Crippen LogP contribution in [0.1, 0.15) is 25.7 Å². The highest BCUT2D eigenvalue weighted by molar-refractivity contribution is 5.81. The molecule has 8 heteroatoms. The molecular formula is C10H19F3N2O3. The molecular weight excluding hydrogens is 253 g/mol. The molecule has 0 fully saturated rings. The largest absolute Gasteiger partial charge is 0.471 e. The normalized spacial score (nSPS) is 13.4. The SMILES string of the molecule is O=C(NC(O)CCCNCCCCO)C(F)(F)F. The van der Waals surface area contributed by atoms with Gasteiger partial charge < -0.3 is 20.8 Å². The molecule has 0 aliphatic heterocycles. The van der Waals surface area contributed by atoms with E-state index in [0.717, 1.165) is 6.42 Å². The lowest BCUT2D eigenvalue weighted by Crippen LogP contribution is -2.43. The summed E-state index contributed by atoms with van der Waals surface area (Å²) in [6.45, 7) is 1.36. The van der Waals surface area contributed by atoms with E-state index in [1.54, 1.807) is 0 Å². The molecule has 0 saturated heterocycles. The van der Waals surface area contributed by atoms with Crippen molar-refractivity contribution in [3.05, 3.63) is 0 Å². The van der Waals surface area contributed by atoms with E-state index in [1.807, 2.05) is 0 Å². The van der Waals surface area contributed by atoms with Crippen molar-refractivity contribution < 1.29 is 28.2 Å². The highest BCUT2D eigenvalue weighted by Gasteiger charge is 2.39. The third kappa shape index (κ3) is 9.20. The van der Waals surface area contributed by atoms with Crippen molar-refractivity contribution in [3.8, 4) is 0 Å². The second kappa shape index (κ2) is 9.12. The summed E-state index contributed by atoms with van der Waals surface area (Å²) in [4.78, 5) is 10.4. The summed E-state index contributed by atoms with van der Waals surface area (Å²) in [7, 11) is 0. The Morgan fingerprint density at radius 1 is 1.17 bits per heavy atom. The van der Waals surface area contributed by atoms with Gasteiger partial charge in [-0.3, -0.25) is 4.79 Å². The Bertz CT molecular complexity index is 237. The summed E-state index contributed by atoms with van der Waals surface area (Å²) in [5.41, 5.74) is 0. The maximum absolute atomic E-state index is 11.8. The van der Waals surface area contributed by atoms with Crippen LogP contribution in [0.15, 0.2) is 0 Å². The summed E-state index contributed by atoms with van der Waals surface area (Å²) in [5.74, 6) is -2.13. The minimum atomic E-state index is -4.97. The molecule has 0 rings (SSSR count). The van der Waals surface area contributed by atoms with Gasteiger partial charge in [0.05, 0.1) is 0 Å². The van der Waals surface area contributed by atoms with Crippen molar-refractivity contribution in [1.29, 1.82) is 0 Å². The van der Waals surface area contributed by atoms with E-state index in [4.69, 9.17) is 10.2 Å². The minimum Gasteiger partial charge on any atom is -0.396 e. The van der Waals surface area contributed by atoms with Crippen LogP contribution in [0.2, 0.25) is 0 Å². The Kier molecular flexibility index (Phi) is 8.69. The topological polar surface area (TPSA) is 81.6 Å². The molecule has 0 saturated carbocycles. The molecule has 1 atom stereocenters. The molecule has 0 heterocycles. The van der Waals surface area contributed by atoms with E-state index in [2.05, 4.69) is 5.32 Å². The van der Waals surface area contributed by atoms with Gasteiger partial charge >= 0.3 is 12.1 Å². The van der Waals surface area contributed by atoms with Gasteiger partial charge in [0.25, 0.3) is 0 Å². The fourth-order valence-corrected chi connectivity index (χ4v) is 1.21. The number of aliphatic hydroxyl groups is 2. The third-order valence-corrected chi connectivity index (χ3v) is 2.15. The number of unbranched alkanes of at least 4 members (excludes halogenated alkanes) is 1. The van der Waals surface area contributed by atoms with E-state index < -0.39 is 18.3 Å². The minimum absolute atomic E-state index is 0.0504. The molecule has 5 nitrogen and oxygen atoms in total. The first-order valence-corrected chi connectivity index (χ1v) is 5.75. The first kappa shape index (κ1) is 17.1. The summed E-state index contributed by atoms with van der Waals surface area (Å²) in [6.07, 6.45) is -4.46. The van der Waals surface area contributed by atoms with E-state index in [9.17, 15) is 18.0 Å². The monoisotopic (exact) mass is 272 g/mol. The zero-order valence-corrected chi connectivity index (χ0v) is 9.96. The fourth-order valence-electron chi connectivity index (χ4n) is 1.21. The van der Waals surface area contributed by atoms with Crippen LogP contribution in [0.25, 0.3) is 0 Å². The number of aliphatic hydroxyl groups excluding tert-OH is 2. The number of halogens is 3. The average molecular weight is 272 g/mol. The van der Waals surface area contributed by atoms with Gasteiger partial charge in [-0.15, -0.1) is 0 Å². The Labute approximate surface area is 103 Å². The predicted octanol–water partition coefficient (Wildman–Crippen LogP) is 0.126. The Morgan fingerprint density at radius 2 is 1.78 bits per heavy atom. The number of amides is 1. The maximum atomic E-state index is 11.8. The molecule has 0 aliphatic rings. The second-order valence-corrected chi connectivity index (χ2v) is 3.81. The van der Waals surface area contributed by atoms with Crippen LogP contribution < -0.4 is 10.6 Å². The smallest absolute Gasteiger partial charge is 0.396 e. The Morgan fingerprint density at radius 3 is 2.33 bits per heavy atom. The molecule has 4 N–H and O–H groups in total. The summed E-state index contributed by atoms with van der Waals surface area (Å²) in [5, 5.41) is 22.1. The van der Waals surface area contributed by atoms with Crippen molar-refractivity contribution in [2.45, 2.75) is 38.1 Å². The number of rotatable bonds is 9. The number of carbonyl (C=O) groups is 1. The molecule has 0 aromatic rings. The van der Waals surface area contributed by atoms with Crippen LogP contribution >= 0.6 is 0 Å². The number of hydrogen-bond donors (Lipinski definition) is 4. The fraction of sp³-hybridized carbons (Fsp3) is 0.900. The second-order valence-electron chi connectivity index (χ2n) is 3.81. The van der Waals surface area contributed by atoms with Gasteiger partial charge in [0.1, 0.15) is 6.23 Å². The predicted molar refractivity (Wildman–Crippen MR) is 58.6 cm³/mol. The van der Waals surface area contributed by atoms with Gasteiger partial charge in [-0.1, -0.05) is 0 Å². The van der Waals surface area contributed by atoms with Gasteiger partial charge in [-0.2, -0.15) is 13.2 Å². The van der Waals surface area contributed by atoms with Gasteiger partial charge in [-0.05, 0) is 38.8 Å². The van der Waals surface area contributed by atoms with Crippen LogP contribution in [0, 0.1) is 0 Å². The van der Waals surface area contributed by atoms with E-state index in [-0.39, 0.29) is 13.0 Å². The highest BCUT2D eigenvalue weighted by atomic mass is 19.4. The number of carbonyl (C=O) groups excluding carboxylic acids is 1. The zero-order valence-electron chi connectivity index (χ0n) is 9.96. The van der Waals surface area contributed by atoms with Crippen LogP contribution in [-0.4, -0.2) is 48.2 Å². The lowest BCUT2D eigenvalue weighted by atomic mass is 10.2. The molecule has 1 amide bonds. The molecule has 0 spiro atoms. The van der Waals surface area contributed by atoms with Crippen LogP contribution in [0.5, 0.6) is 0 Å². The molecule has 0 aromatic heterocycles. The first-order valence-electron chi connectivity index (χ1n) is 5.75. The molecule has 0 aromatic carbocycles. The Hall–Kier alpha value is -0.860. The van der Waals surface area contributed by atoms with Crippen LogP contribution in [0.4, 0.5) is 13.2 Å². The van der Waals surface area contributed by atoms with Crippen molar-refractivity contribution in [1.82, 2.24) is 10.6 Å². The van der Waals surface area contributed by atoms with E-state index >= 15 is 0 Å². The third-order valence-electron chi connectivity index (χ3n) is 2.15. The number of alkyl halides is 3. The van der Waals surface area contributed by atoms with Gasteiger partial charge in [0, 0.05) is 6.61 Å². The summed E-state index contributed by atoms with van der Waals surface area (Å²) >= 11 is 0. The standard InChI is InChI=1S/C10H19F3N2O3/c11-10(12,13)9(18)15-8(17)4-3-6-14-5-1-2-7-16/h8,14,16-17H,1-7H2,(H,15,18). The van der Waals surface area contributed by atoms with Gasteiger partial charge in [-0.25, -0.2) is 0 Å². The van der Waals surface area contributed by atoms with Crippen LogP contribution in [0.3, 0.4) is 0 Å². The molecule has 0 bridgehead atoms. The number of nitrogens with one attached hydrogen (secondary N) is 2. The molecule has 0 aliphatic carbocycles. The molecule has 18 heavy (non-hydrogen) atoms. The van der Waals surface area contributed by atoms with Crippen molar-refractivity contribution >= 4 is 5.91 Å². The van der Waals surface area contributed by atoms with E-state index in [1.165, 1.54) is 5.32 Å². The quantitative estimate of drug-likeness (QED) is 0.355. The van der Waals surface area contributed by atoms with Crippen molar-refractivity contribution in [2.24, 2.45) is 0 Å². The first-order chi connectivity index (χ1) is 8.38. The maximum Gasteiger partial charge on any atom is 0.471 e.